The van der Waals surface area contributed by atoms with E-state index in [-0.39, 0.29) is 0 Å². The molecule has 0 bridgehead atoms. The maximum absolute atomic E-state index is 6.13. The van der Waals surface area contributed by atoms with E-state index >= 15 is 0 Å². The predicted octanol–water partition coefficient (Wildman–Crippen LogP) is 1.78. The van der Waals surface area contributed by atoms with E-state index in [9.17, 15) is 0 Å². The molecule has 0 spiro atoms. The first-order valence-corrected chi connectivity index (χ1v) is 8.35. The van der Waals surface area contributed by atoms with E-state index in [0.29, 0.717) is 0 Å². The zero-order valence-electron chi connectivity index (χ0n) is 13.8. The van der Waals surface area contributed by atoms with Crippen molar-refractivity contribution in [1.29, 1.82) is 0 Å². The zero-order chi connectivity index (χ0) is 16.4. The van der Waals surface area contributed by atoms with E-state index in [1.54, 1.807) is 7.11 Å². The van der Waals surface area contributed by atoms with Gasteiger partial charge in [-0.2, -0.15) is 0 Å². The molecule has 6 heteroatoms. The molecule has 0 unspecified atom stereocenters. The molecule has 2 aliphatic rings. The third kappa shape index (κ3) is 2.77. The number of rotatable bonds is 4. The average Bonchev–Trinajstić information content (AvgIpc) is 3.03. The van der Waals surface area contributed by atoms with Gasteiger partial charge in [-0.25, -0.2) is 0 Å². The van der Waals surface area contributed by atoms with Gasteiger partial charge in [0.15, 0.2) is 0 Å². The molecule has 0 amide bonds. The lowest BCUT2D eigenvalue weighted by Crippen LogP contribution is -2.60. The fraction of sp³-hybridized carbons (Fsp3) is 0.333. The molecule has 4 rings (SSSR count). The molecular weight excluding hydrogens is 305 g/mol. The highest BCUT2D eigenvalue weighted by Crippen LogP contribution is 2.37. The van der Waals surface area contributed by atoms with E-state index in [2.05, 4.69) is 11.0 Å². The number of morpholine rings is 1. The van der Waals surface area contributed by atoms with E-state index < -0.39 is 6.75 Å². The number of fused-ring (bicyclic) bond motifs is 1. The maximum atomic E-state index is 6.13. The fourth-order valence-corrected chi connectivity index (χ4v) is 3.38. The van der Waals surface area contributed by atoms with Crippen LogP contribution in [0.3, 0.4) is 0 Å². The molecule has 0 atom stereocenters. The summed E-state index contributed by atoms with van der Waals surface area (Å²) in [6.45, 7) is 2.24. The number of benzene rings is 2. The Kier molecular flexibility index (Phi) is 4.18. The Morgan fingerprint density at radius 3 is 2.25 bits per heavy atom. The van der Waals surface area contributed by atoms with Gasteiger partial charge in [0.1, 0.15) is 11.5 Å². The summed E-state index contributed by atoms with van der Waals surface area (Å²) < 4.78 is 23.5. The van der Waals surface area contributed by atoms with Crippen LogP contribution in [0.1, 0.15) is 5.56 Å². The van der Waals surface area contributed by atoms with Crippen molar-refractivity contribution in [2.45, 2.75) is 6.54 Å². The van der Waals surface area contributed by atoms with Gasteiger partial charge in [-0.1, -0.05) is 47.4 Å². The van der Waals surface area contributed by atoms with Crippen molar-refractivity contribution < 1.29 is 18.7 Å². The lowest BCUT2D eigenvalue weighted by atomic mass is 9.67. The van der Waals surface area contributed by atoms with Crippen LogP contribution >= 0.6 is 0 Å². The Hall–Kier alpha value is -2.02. The number of ether oxygens (including phenoxy) is 1. The first kappa shape index (κ1) is 15.5. The highest BCUT2D eigenvalue weighted by molar-refractivity contribution is 6.77. The van der Waals surface area contributed by atoms with Crippen molar-refractivity contribution in [1.82, 2.24) is 4.90 Å². The standard InChI is InChI=1S/C18H21BNO4/c1-21-19(23-17-8-4-5-9-18(17)24-19)16-7-3-2-6-15(16)14-20-10-12-22-13-11-20/h2-9H,10-14H2,1H3/q-1. The van der Waals surface area contributed by atoms with Crippen molar-refractivity contribution in [3.63, 3.8) is 0 Å². The quantitative estimate of drug-likeness (QED) is 0.801. The van der Waals surface area contributed by atoms with E-state index in [0.717, 1.165) is 55.4 Å². The minimum absolute atomic E-state index is 0.723. The number of hydrogen-bond acceptors (Lipinski definition) is 5. The third-order valence-corrected chi connectivity index (χ3v) is 4.66. The van der Waals surface area contributed by atoms with Gasteiger partial charge >= 0.3 is 6.75 Å². The summed E-state index contributed by atoms with van der Waals surface area (Å²) in [5.41, 5.74) is 2.12. The molecule has 2 aliphatic heterocycles. The Morgan fingerprint density at radius 2 is 1.58 bits per heavy atom. The molecule has 0 aliphatic carbocycles. The normalized spacial score (nSPS) is 19.4. The van der Waals surface area contributed by atoms with Gasteiger partial charge < -0.3 is 18.7 Å². The van der Waals surface area contributed by atoms with Crippen LogP contribution in [0, 0.1) is 0 Å². The van der Waals surface area contributed by atoms with Crippen LogP contribution < -0.4 is 14.8 Å². The average molecular weight is 326 g/mol. The molecule has 1 fully saturated rings. The van der Waals surface area contributed by atoms with E-state index in [1.165, 1.54) is 0 Å². The van der Waals surface area contributed by atoms with Gasteiger partial charge in [0.05, 0.1) is 13.2 Å². The van der Waals surface area contributed by atoms with Gasteiger partial charge in [-0.15, -0.1) is 0 Å². The van der Waals surface area contributed by atoms with Gasteiger partial charge in [-0.05, 0) is 19.2 Å². The second-order valence-electron chi connectivity index (χ2n) is 6.15. The Balaban J connectivity index is 1.65. The Bertz CT molecular complexity index is 693. The molecule has 126 valence electrons. The first-order chi connectivity index (χ1) is 11.8. The molecule has 2 aromatic rings. The van der Waals surface area contributed by atoms with Crippen molar-refractivity contribution in [2.75, 3.05) is 33.4 Å². The number of para-hydroxylation sites is 2. The van der Waals surface area contributed by atoms with Crippen molar-refractivity contribution in [3.8, 4) is 11.5 Å². The van der Waals surface area contributed by atoms with Crippen molar-refractivity contribution in [2.24, 2.45) is 0 Å². The lowest BCUT2D eigenvalue weighted by molar-refractivity contribution is 0.0342. The highest BCUT2D eigenvalue weighted by atomic mass is 16.8. The van der Waals surface area contributed by atoms with Crippen molar-refractivity contribution >= 4 is 12.2 Å². The van der Waals surface area contributed by atoms with Crippen LogP contribution in [0.25, 0.3) is 0 Å². The number of nitrogens with zero attached hydrogens (tertiary/aromatic N) is 1. The molecule has 0 radical (unpaired) electrons. The number of hydrogen-bond donors (Lipinski definition) is 0. The molecule has 5 nitrogen and oxygen atoms in total. The third-order valence-electron chi connectivity index (χ3n) is 4.66. The van der Waals surface area contributed by atoms with Crippen LogP contribution in [-0.4, -0.2) is 45.1 Å². The molecule has 0 aromatic heterocycles. The summed E-state index contributed by atoms with van der Waals surface area (Å²) in [6.07, 6.45) is 0. The SMILES string of the molecule is CO[B-]1(c2ccccc2CN2CCOCC2)Oc2ccccc2O1. The Labute approximate surface area is 142 Å². The van der Waals surface area contributed by atoms with Crippen LogP contribution in [0.15, 0.2) is 48.5 Å². The molecule has 24 heavy (non-hydrogen) atoms. The molecular formula is C18H21BNO4-. The van der Waals surface area contributed by atoms with Gasteiger partial charge in [0, 0.05) is 19.6 Å². The lowest BCUT2D eigenvalue weighted by Gasteiger charge is -2.37. The first-order valence-electron chi connectivity index (χ1n) is 8.35. The van der Waals surface area contributed by atoms with Crippen LogP contribution in [0.4, 0.5) is 0 Å². The molecule has 2 aromatic carbocycles. The molecule has 0 N–H and O–H groups in total. The van der Waals surface area contributed by atoms with Gasteiger partial charge in [0.2, 0.25) is 0 Å². The van der Waals surface area contributed by atoms with E-state index in [4.69, 9.17) is 18.7 Å². The summed E-state index contributed by atoms with van der Waals surface area (Å²) in [5, 5.41) is 0. The summed E-state index contributed by atoms with van der Waals surface area (Å²) >= 11 is 0. The summed E-state index contributed by atoms with van der Waals surface area (Å²) in [4.78, 5) is 2.38. The summed E-state index contributed by atoms with van der Waals surface area (Å²) in [5.74, 6) is 1.45. The zero-order valence-corrected chi connectivity index (χ0v) is 13.8. The molecule has 2 heterocycles. The van der Waals surface area contributed by atoms with Gasteiger partial charge in [0.25, 0.3) is 0 Å². The second kappa shape index (κ2) is 6.47. The summed E-state index contributed by atoms with van der Waals surface area (Å²) in [6, 6.07) is 15.9. The topological polar surface area (TPSA) is 40.2 Å². The van der Waals surface area contributed by atoms with Crippen molar-refractivity contribution in [3.05, 3.63) is 54.1 Å². The highest BCUT2D eigenvalue weighted by Gasteiger charge is 2.41. The summed E-state index contributed by atoms with van der Waals surface area (Å²) in [7, 11) is 1.64. The largest absolute Gasteiger partial charge is 0.654 e. The predicted molar refractivity (Wildman–Crippen MR) is 92.6 cm³/mol. The Morgan fingerprint density at radius 1 is 0.958 bits per heavy atom. The molecule has 1 saturated heterocycles. The molecule has 0 saturated carbocycles. The fourth-order valence-electron chi connectivity index (χ4n) is 3.38. The van der Waals surface area contributed by atoms with Crippen LogP contribution in [0.5, 0.6) is 11.5 Å². The monoisotopic (exact) mass is 326 g/mol. The maximum Gasteiger partial charge on any atom is 0.523 e. The smallest absolute Gasteiger partial charge is 0.523 e. The van der Waals surface area contributed by atoms with Gasteiger partial charge in [-0.3, -0.25) is 4.90 Å². The van der Waals surface area contributed by atoms with E-state index in [1.807, 2.05) is 42.5 Å². The van der Waals surface area contributed by atoms with Crippen LogP contribution in [0.2, 0.25) is 0 Å². The minimum atomic E-state index is -2.01. The minimum Gasteiger partial charge on any atom is -0.654 e. The van der Waals surface area contributed by atoms with Crippen LogP contribution in [-0.2, 0) is 15.9 Å². The second-order valence-corrected chi connectivity index (χ2v) is 6.15.